The molecule has 0 saturated heterocycles. The lowest BCUT2D eigenvalue weighted by Gasteiger charge is -2.04. The highest BCUT2D eigenvalue weighted by Gasteiger charge is 2.03. The van der Waals surface area contributed by atoms with Crippen molar-refractivity contribution in [2.75, 3.05) is 0 Å². The molecule has 3 aromatic rings. The van der Waals surface area contributed by atoms with E-state index >= 15 is 0 Å². The lowest BCUT2D eigenvalue weighted by molar-refractivity contribution is 0.674. The van der Waals surface area contributed by atoms with Crippen LogP contribution in [0.3, 0.4) is 0 Å². The lowest BCUT2D eigenvalue weighted by Crippen LogP contribution is -2.14. The van der Waals surface area contributed by atoms with Crippen LogP contribution in [0.25, 0.3) is 10.2 Å². The maximum atomic E-state index is 4.60. The van der Waals surface area contributed by atoms with Crippen molar-refractivity contribution in [3.05, 3.63) is 58.9 Å². The maximum absolute atomic E-state index is 4.60. The number of pyridine rings is 1. The lowest BCUT2D eigenvalue weighted by atomic mass is 10.2. The Morgan fingerprint density at radius 2 is 2.00 bits per heavy atom. The number of thiazole rings is 1. The van der Waals surface area contributed by atoms with Crippen molar-refractivity contribution in [3.8, 4) is 0 Å². The van der Waals surface area contributed by atoms with Gasteiger partial charge in [0.15, 0.2) is 0 Å². The summed E-state index contributed by atoms with van der Waals surface area (Å²) in [5, 5.41) is 4.53. The van der Waals surface area contributed by atoms with Crippen molar-refractivity contribution in [2.24, 2.45) is 0 Å². The highest BCUT2D eigenvalue weighted by atomic mass is 32.1. The first-order chi connectivity index (χ1) is 9.33. The standard InChI is InChI=1S/C15H15N3S/c1-11-5-4-8-17-13(11)9-16-10-15-18-12-6-2-3-7-14(12)19-15/h2-8,16H,9-10H2,1H3. The van der Waals surface area contributed by atoms with Crippen LogP contribution < -0.4 is 5.32 Å². The molecular weight excluding hydrogens is 254 g/mol. The van der Waals surface area contributed by atoms with E-state index in [1.54, 1.807) is 11.3 Å². The van der Waals surface area contributed by atoms with Crippen LogP contribution in [0.1, 0.15) is 16.3 Å². The van der Waals surface area contributed by atoms with Crippen molar-refractivity contribution >= 4 is 21.6 Å². The van der Waals surface area contributed by atoms with Crippen LogP contribution in [-0.4, -0.2) is 9.97 Å². The predicted molar refractivity (Wildman–Crippen MR) is 79.1 cm³/mol. The zero-order chi connectivity index (χ0) is 13.1. The quantitative estimate of drug-likeness (QED) is 0.789. The maximum Gasteiger partial charge on any atom is 0.108 e. The second-order valence-electron chi connectivity index (χ2n) is 4.45. The van der Waals surface area contributed by atoms with Crippen LogP contribution in [0.2, 0.25) is 0 Å². The fraction of sp³-hybridized carbons (Fsp3) is 0.200. The number of benzene rings is 1. The fourth-order valence-electron chi connectivity index (χ4n) is 1.99. The minimum absolute atomic E-state index is 0.780. The molecule has 0 bridgehead atoms. The third-order valence-corrected chi connectivity index (χ3v) is 4.06. The Kier molecular flexibility index (Phi) is 3.53. The number of nitrogens with one attached hydrogen (secondary N) is 1. The van der Waals surface area contributed by atoms with Crippen molar-refractivity contribution in [1.29, 1.82) is 0 Å². The number of nitrogens with zero attached hydrogens (tertiary/aromatic N) is 2. The summed E-state index contributed by atoms with van der Waals surface area (Å²) in [7, 11) is 0. The minimum atomic E-state index is 0.780. The van der Waals surface area contributed by atoms with E-state index in [0.29, 0.717) is 0 Å². The second kappa shape index (κ2) is 5.47. The Labute approximate surface area is 116 Å². The van der Waals surface area contributed by atoms with Crippen LogP contribution in [0.4, 0.5) is 0 Å². The van der Waals surface area contributed by atoms with Crippen LogP contribution in [-0.2, 0) is 13.1 Å². The molecule has 0 aliphatic carbocycles. The van der Waals surface area contributed by atoms with Crippen LogP contribution >= 0.6 is 11.3 Å². The van der Waals surface area contributed by atoms with Gasteiger partial charge in [0.1, 0.15) is 5.01 Å². The Hall–Kier alpha value is -1.78. The van der Waals surface area contributed by atoms with Gasteiger partial charge < -0.3 is 5.32 Å². The second-order valence-corrected chi connectivity index (χ2v) is 5.56. The van der Waals surface area contributed by atoms with Gasteiger partial charge in [-0.3, -0.25) is 4.98 Å². The normalized spacial score (nSPS) is 11.0. The van der Waals surface area contributed by atoms with Gasteiger partial charge >= 0.3 is 0 Å². The molecule has 0 saturated carbocycles. The van der Waals surface area contributed by atoms with Crippen molar-refractivity contribution in [2.45, 2.75) is 20.0 Å². The third kappa shape index (κ3) is 2.80. The minimum Gasteiger partial charge on any atom is -0.305 e. The predicted octanol–water partition coefficient (Wildman–Crippen LogP) is 3.29. The SMILES string of the molecule is Cc1cccnc1CNCc1nc2ccccc2s1. The molecular formula is C15H15N3S. The first-order valence-electron chi connectivity index (χ1n) is 6.28. The van der Waals surface area contributed by atoms with Gasteiger partial charge in [0.05, 0.1) is 15.9 Å². The smallest absolute Gasteiger partial charge is 0.108 e. The molecule has 3 rings (SSSR count). The van der Waals surface area contributed by atoms with E-state index in [2.05, 4.69) is 46.5 Å². The first-order valence-corrected chi connectivity index (χ1v) is 7.10. The van der Waals surface area contributed by atoms with E-state index in [1.165, 1.54) is 10.3 Å². The monoisotopic (exact) mass is 269 g/mol. The summed E-state index contributed by atoms with van der Waals surface area (Å²) in [6.07, 6.45) is 1.84. The molecule has 0 fully saturated rings. The Bertz CT molecular complexity index is 657. The summed E-state index contributed by atoms with van der Waals surface area (Å²) in [4.78, 5) is 8.97. The van der Waals surface area contributed by atoms with Crippen molar-refractivity contribution in [3.63, 3.8) is 0 Å². The summed E-state index contributed by atoms with van der Waals surface area (Å²) in [6.45, 7) is 3.65. The number of rotatable bonds is 4. The molecule has 4 heteroatoms. The number of aryl methyl sites for hydroxylation is 1. The van der Waals surface area contributed by atoms with Crippen LogP contribution in [0.15, 0.2) is 42.6 Å². The van der Waals surface area contributed by atoms with E-state index in [-0.39, 0.29) is 0 Å². The molecule has 0 spiro atoms. The highest BCUT2D eigenvalue weighted by Crippen LogP contribution is 2.21. The largest absolute Gasteiger partial charge is 0.305 e. The molecule has 2 heterocycles. The average molecular weight is 269 g/mol. The summed E-state index contributed by atoms with van der Waals surface area (Å²) in [5.74, 6) is 0. The molecule has 1 N–H and O–H groups in total. The van der Waals surface area contributed by atoms with Gasteiger partial charge in [-0.2, -0.15) is 0 Å². The molecule has 3 nitrogen and oxygen atoms in total. The summed E-state index contributed by atoms with van der Waals surface area (Å²) < 4.78 is 1.24. The first kappa shape index (κ1) is 12.3. The van der Waals surface area contributed by atoms with Gasteiger partial charge in [0.25, 0.3) is 0 Å². The molecule has 1 aromatic carbocycles. The van der Waals surface area contributed by atoms with Gasteiger partial charge in [0, 0.05) is 19.3 Å². The van der Waals surface area contributed by atoms with Crippen LogP contribution in [0.5, 0.6) is 0 Å². The highest BCUT2D eigenvalue weighted by molar-refractivity contribution is 7.18. The molecule has 0 atom stereocenters. The molecule has 19 heavy (non-hydrogen) atoms. The summed E-state index contributed by atoms with van der Waals surface area (Å²) in [6, 6.07) is 12.3. The summed E-state index contributed by atoms with van der Waals surface area (Å²) in [5.41, 5.74) is 3.40. The number of aromatic nitrogens is 2. The molecule has 0 amide bonds. The average Bonchev–Trinajstić information content (AvgIpc) is 2.83. The molecule has 0 aliphatic rings. The van der Waals surface area contributed by atoms with Gasteiger partial charge in [-0.1, -0.05) is 18.2 Å². The van der Waals surface area contributed by atoms with E-state index in [4.69, 9.17) is 0 Å². The zero-order valence-electron chi connectivity index (χ0n) is 10.8. The molecule has 96 valence electrons. The number of fused-ring (bicyclic) bond motifs is 1. The van der Waals surface area contributed by atoms with Gasteiger partial charge in [-0.05, 0) is 30.7 Å². The van der Waals surface area contributed by atoms with Crippen molar-refractivity contribution < 1.29 is 0 Å². The molecule has 0 aliphatic heterocycles. The van der Waals surface area contributed by atoms with Gasteiger partial charge in [-0.15, -0.1) is 11.3 Å². The zero-order valence-corrected chi connectivity index (χ0v) is 11.6. The van der Waals surface area contributed by atoms with Crippen LogP contribution in [0, 0.1) is 6.92 Å². The third-order valence-electron chi connectivity index (χ3n) is 3.02. The summed E-state index contributed by atoms with van der Waals surface area (Å²) >= 11 is 1.74. The molecule has 0 unspecified atom stereocenters. The van der Waals surface area contributed by atoms with Gasteiger partial charge in [-0.25, -0.2) is 4.98 Å². The fourth-order valence-corrected chi connectivity index (χ4v) is 2.92. The topological polar surface area (TPSA) is 37.8 Å². The van der Waals surface area contributed by atoms with E-state index < -0.39 is 0 Å². The molecule has 0 radical (unpaired) electrons. The Morgan fingerprint density at radius 1 is 1.11 bits per heavy atom. The molecule has 2 aromatic heterocycles. The van der Waals surface area contributed by atoms with E-state index in [1.807, 2.05) is 18.3 Å². The van der Waals surface area contributed by atoms with E-state index in [9.17, 15) is 0 Å². The Morgan fingerprint density at radius 3 is 2.84 bits per heavy atom. The van der Waals surface area contributed by atoms with Gasteiger partial charge in [0.2, 0.25) is 0 Å². The Balaban J connectivity index is 1.65. The number of hydrogen-bond acceptors (Lipinski definition) is 4. The van der Waals surface area contributed by atoms with Crippen molar-refractivity contribution in [1.82, 2.24) is 15.3 Å². The number of para-hydroxylation sites is 1. The van der Waals surface area contributed by atoms with E-state index in [0.717, 1.165) is 29.3 Å². The number of hydrogen-bond donors (Lipinski definition) is 1.